The number of hydrogen-bond acceptors (Lipinski definition) is 4. The number of thiophene rings is 1. The normalized spacial score (nSPS) is 21.1. The van der Waals surface area contributed by atoms with Crippen LogP contribution in [0.3, 0.4) is 0 Å². The Bertz CT molecular complexity index is 647. The van der Waals surface area contributed by atoms with Crippen LogP contribution < -0.4 is 10.2 Å². The molecule has 96 valence electrons. The first-order valence-corrected chi connectivity index (χ1v) is 7.30. The lowest BCUT2D eigenvalue weighted by Crippen LogP contribution is -2.25. The zero-order chi connectivity index (χ0) is 12.8. The van der Waals surface area contributed by atoms with Crippen molar-refractivity contribution in [1.82, 2.24) is 0 Å². The summed E-state index contributed by atoms with van der Waals surface area (Å²) in [6.45, 7) is 0.924. The van der Waals surface area contributed by atoms with Crippen molar-refractivity contribution in [3.8, 4) is 0 Å². The van der Waals surface area contributed by atoms with Gasteiger partial charge in [0.15, 0.2) is 0 Å². The Morgan fingerprint density at radius 1 is 1.21 bits per heavy atom. The molecule has 0 spiro atoms. The summed E-state index contributed by atoms with van der Waals surface area (Å²) in [5.41, 5.74) is 3.32. The molecule has 0 saturated heterocycles. The number of nitrogens with zero attached hydrogens (tertiary/aromatic N) is 1. The summed E-state index contributed by atoms with van der Waals surface area (Å²) in [6.07, 6.45) is 0.468. The van der Waals surface area contributed by atoms with Gasteiger partial charge in [0.2, 0.25) is 0 Å². The molecule has 0 fully saturated rings. The number of nitrogens with one attached hydrogen (secondary N) is 1. The maximum absolute atomic E-state index is 10.5. The average molecular weight is 270 g/mol. The van der Waals surface area contributed by atoms with Crippen LogP contribution >= 0.6 is 11.3 Å². The highest BCUT2D eigenvalue weighted by Gasteiger charge is 2.34. The van der Waals surface area contributed by atoms with E-state index < -0.39 is 6.10 Å². The van der Waals surface area contributed by atoms with Gasteiger partial charge >= 0.3 is 0 Å². The van der Waals surface area contributed by atoms with E-state index in [-0.39, 0.29) is 0 Å². The van der Waals surface area contributed by atoms with Crippen LogP contribution in [0.4, 0.5) is 11.4 Å². The van der Waals surface area contributed by atoms with Crippen molar-refractivity contribution in [2.45, 2.75) is 12.5 Å². The van der Waals surface area contributed by atoms with Gasteiger partial charge in [0, 0.05) is 17.8 Å². The lowest BCUT2D eigenvalue weighted by molar-refractivity contribution is 0.215. The Morgan fingerprint density at radius 3 is 2.89 bits per heavy atom. The summed E-state index contributed by atoms with van der Waals surface area (Å²) in [5.74, 6) is 1.06. The van der Waals surface area contributed by atoms with Crippen LogP contribution in [0.15, 0.2) is 53.2 Å². The Morgan fingerprint density at radius 2 is 2.05 bits per heavy atom. The number of anilines is 2. The number of aliphatic hydroxyl groups is 1. The van der Waals surface area contributed by atoms with E-state index in [1.807, 2.05) is 29.6 Å². The van der Waals surface area contributed by atoms with Crippen LogP contribution in [0.5, 0.6) is 0 Å². The highest BCUT2D eigenvalue weighted by atomic mass is 32.1. The molecule has 1 aromatic heterocycles. The van der Waals surface area contributed by atoms with Gasteiger partial charge in [-0.15, -0.1) is 11.3 Å². The van der Waals surface area contributed by atoms with E-state index in [9.17, 15) is 5.11 Å². The molecule has 0 aliphatic carbocycles. The standard InChI is InChI=1S/C15H14N2OS/c18-13-11-6-8-17(10-4-2-1-3-5-10)15(11)16-12-7-9-19-14(12)13/h1-5,7,9,13,16,18H,6,8H2. The fraction of sp³-hybridized carbons (Fsp3) is 0.200. The molecule has 0 amide bonds. The molecule has 2 N–H and O–H groups in total. The number of hydrogen-bond donors (Lipinski definition) is 2. The first-order valence-electron chi connectivity index (χ1n) is 6.43. The molecular weight excluding hydrogens is 256 g/mol. The van der Waals surface area contributed by atoms with Gasteiger partial charge in [0.05, 0.1) is 10.6 Å². The fourth-order valence-corrected chi connectivity index (χ4v) is 3.71. The highest BCUT2D eigenvalue weighted by Crippen LogP contribution is 2.44. The van der Waals surface area contributed by atoms with Crippen molar-refractivity contribution in [3.05, 3.63) is 58.0 Å². The minimum absolute atomic E-state index is 0.444. The lowest BCUT2D eigenvalue weighted by Gasteiger charge is -2.28. The van der Waals surface area contributed by atoms with E-state index in [0.29, 0.717) is 0 Å². The number of rotatable bonds is 1. The predicted molar refractivity (Wildman–Crippen MR) is 78.3 cm³/mol. The summed E-state index contributed by atoms with van der Waals surface area (Å²) in [4.78, 5) is 3.28. The first-order chi connectivity index (χ1) is 9.34. The molecule has 3 nitrogen and oxygen atoms in total. The molecule has 0 bridgehead atoms. The number of benzene rings is 1. The molecule has 3 heterocycles. The second kappa shape index (κ2) is 4.11. The van der Waals surface area contributed by atoms with Crippen LogP contribution in [0, 0.1) is 0 Å². The molecular formula is C15H14N2OS. The summed E-state index contributed by atoms with van der Waals surface area (Å²) in [6, 6.07) is 12.4. The molecule has 19 heavy (non-hydrogen) atoms. The minimum atomic E-state index is -0.444. The van der Waals surface area contributed by atoms with E-state index in [1.165, 1.54) is 5.69 Å². The van der Waals surface area contributed by atoms with Crippen molar-refractivity contribution in [1.29, 1.82) is 0 Å². The third-order valence-electron chi connectivity index (χ3n) is 3.77. The molecule has 1 unspecified atom stereocenters. The molecule has 2 aromatic rings. The van der Waals surface area contributed by atoms with E-state index >= 15 is 0 Å². The second-order valence-corrected chi connectivity index (χ2v) is 5.78. The van der Waals surface area contributed by atoms with Gasteiger partial charge in [-0.3, -0.25) is 0 Å². The SMILES string of the molecule is OC1C2=C(Nc3ccsc31)N(c1ccccc1)CC2. The summed E-state index contributed by atoms with van der Waals surface area (Å²) in [5, 5.41) is 16.0. The molecule has 2 aliphatic rings. The monoisotopic (exact) mass is 270 g/mol. The summed E-state index contributed by atoms with van der Waals surface area (Å²) in [7, 11) is 0. The van der Waals surface area contributed by atoms with Crippen LogP contribution in [-0.2, 0) is 0 Å². The smallest absolute Gasteiger partial charge is 0.115 e. The van der Waals surface area contributed by atoms with E-state index in [4.69, 9.17) is 0 Å². The largest absolute Gasteiger partial charge is 0.383 e. The van der Waals surface area contributed by atoms with Gasteiger partial charge < -0.3 is 15.3 Å². The Labute approximate surface area is 115 Å². The summed E-state index contributed by atoms with van der Waals surface area (Å²) >= 11 is 1.61. The van der Waals surface area contributed by atoms with Gasteiger partial charge in [0.1, 0.15) is 11.9 Å². The summed E-state index contributed by atoms with van der Waals surface area (Å²) < 4.78 is 0. The number of para-hydroxylation sites is 1. The number of fused-ring (bicyclic) bond motifs is 1. The van der Waals surface area contributed by atoms with E-state index in [0.717, 1.165) is 34.9 Å². The van der Waals surface area contributed by atoms with Crippen LogP contribution in [-0.4, -0.2) is 11.7 Å². The zero-order valence-electron chi connectivity index (χ0n) is 10.3. The van der Waals surface area contributed by atoms with Gasteiger partial charge in [-0.25, -0.2) is 0 Å². The van der Waals surface area contributed by atoms with Crippen molar-refractivity contribution < 1.29 is 5.11 Å². The van der Waals surface area contributed by atoms with E-state index in [2.05, 4.69) is 22.3 Å². The highest BCUT2D eigenvalue weighted by molar-refractivity contribution is 7.10. The minimum Gasteiger partial charge on any atom is -0.383 e. The van der Waals surface area contributed by atoms with Gasteiger partial charge in [-0.05, 0) is 30.0 Å². The van der Waals surface area contributed by atoms with Crippen LogP contribution in [0.25, 0.3) is 0 Å². The van der Waals surface area contributed by atoms with Gasteiger partial charge in [-0.2, -0.15) is 0 Å². The molecule has 4 rings (SSSR count). The topological polar surface area (TPSA) is 35.5 Å². The molecule has 0 saturated carbocycles. The van der Waals surface area contributed by atoms with Crippen LogP contribution in [0.2, 0.25) is 0 Å². The van der Waals surface area contributed by atoms with Crippen molar-refractivity contribution >= 4 is 22.7 Å². The zero-order valence-corrected chi connectivity index (χ0v) is 11.2. The predicted octanol–water partition coefficient (Wildman–Crippen LogP) is 3.33. The maximum Gasteiger partial charge on any atom is 0.115 e. The van der Waals surface area contributed by atoms with Crippen molar-refractivity contribution in [2.24, 2.45) is 0 Å². The maximum atomic E-state index is 10.5. The Hall–Kier alpha value is -1.78. The second-order valence-electron chi connectivity index (χ2n) is 4.84. The van der Waals surface area contributed by atoms with Gasteiger partial charge in [-0.1, -0.05) is 18.2 Å². The van der Waals surface area contributed by atoms with Crippen molar-refractivity contribution in [2.75, 3.05) is 16.8 Å². The first kappa shape index (κ1) is 11.1. The molecule has 1 aromatic carbocycles. The number of aliphatic hydroxyl groups excluding tert-OH is 1. The van der Waals surface area contributed by atoms with Crippen LogP contribution in [0.1, 0.15) is 17.4 Å². The molecule has 4 heteroatoms. The molecule has 2 aliphatic heterocycles. The Balaban J connectivity index is 1.76. The lowest BCUT2D eigenvalue weighted by atomic mass is 10.0. The fourth-order valence-electron chi connectivity index (χ4n) is 2.84. The molecule has 1 atom stereocenters. The van der Waals surface area contributed by atoms with E-state index in [1.54, 1.807) is 11.3 Å². The van der Waals surface area contributed by atoms with Gasteiger partial charge in [0.25, 0.3) is 0 Å². The third-order valence-corrected chi connectivity index (χ3v) is 4.74. The average Bonchev–Trinajstić information content (AvgIpc) is 3.07. The quantitative estimate of drug-likeness (QED) is 0.834. The van der Waals surface area contributed by atoms with Crippen molar-refractivity contribution in [3.63, 3.8) is 0 Å². The Kier molecular flexibility index (Phi) is 2.40. The third kappa shape index (κ3) is 1.60. The molecule has 0 radical (unpaired) electrons.